The van der Waals surface area contributed by atoms with Gasteiger partial charge in [-0.2, -0.15) is 0 Å². The number of aryl methyl sites for hydroxylation is 1. The van der Waals surface area contributed by atoms with Crippen LogP contribution >= 0.6 is 11.8 Å². The monoisotopic (exact) mass is 300 g/mol. The van der Waals surface area contributed by atoms with Crippen LogP contribution in [-0.2, 0) is 11.2 Å². The molecule has 2 rings (SSSR count). The van der Waals surface area contributed by atoms with Gasteiger partial charge in [-0.1, -0.05) is 30.3 Å². The van der Waals surface area contributed by atoms with Gasteiger partial charge in [-0.3, -0.25) is 0 Å². The number of hydrogen-bond acceptors (Lipinski definition) is 3. The second-order valence-corrected chi connectivity index (χ2v) is 6.02. The fourth-order valence-corrected chi connectivity index (χ4v) is 2.66. The highest BCUT2D eigenvalue weighted by Gasteiger charge is 1.99. The molecule has 0 heterocycles. The minimum absolute atomic E-state index is 0.230. The van der Waals surface area contributed by atoms with Gasteiger partial charge in [-0.05, 0) is 43.2 Å². The van der Waals surface area contributed by atoms with Crippen LogP contribution in [0.2, 0.25) is 0 Å². The predicted octanol–water partition coefficient (Wildman–Crippen LogP) is 4.38. The summed E-state index contributed by atoms with van der Waals surface area (Å²) in [7, 11) is 0. The summed E-state index contributed by atoms with van der Waals surface area (Å²) < 4.78 is 5.72. The van der Waals surface area contributed by atoms with Crippen LogP contribution in [0.1, 0.15) is 18.9 Å². The van der Waals surface area contributed by atoms with Crippen molar-refractivity contribution in [2.45, 2.75) is 24.7 Å². The molecule has 0 amide bonds. The molecule has 0 aliphatic rings. The number of ketones is 1. The topological polar surface area (TPSA) is 26.3 Å². The van der Waals surface area contributed by atoms with Crippen molar-refractivity contribution in [3.8, 4) is 5.75 Å². The summed E-state index contributed by atoms with van der Waals surface area (Å²) in [5, 5.41) is 0. The van der Waals surface area contributed by atoms with Crippen molar-refractivity contribution in [2.24, 2.45) is 0 Å². The Morgan fingerprint density at radius 3 is 2.43 bits per heavy atom. The molecule has 0 spiro atoms. The van der Waals surface area contributed by atoms with Crippen molar-refractivity contribution in [1.29, 1.82) is 0 Å². The smallest absolute Gasteiger partial charge is 0.130 e. The molecular formula is C18H20O2S. The van der Waals surface area contributed by atoms with E-state index in [1.807, 2.05) is 42.5 Å². The summed E-state index contributed by atoms with van der Waals surface area (Å²) in [6.07, 6.45) is 1.41. The molecule has 0 saturated heterocycles. The van der Waals surface area contributed by atoms with Crippen molar-refractivity contribution in [1.82, 2.24) is 0 Å². The van der Waals surface area contributed by atoms with E-state index < -0.39 is 0 Å². The Bertz CT molecular complexity index is 549. The number of carbonyl (C=O) groups excluding carboxylic acids is 1. The quantitative estimate of drug-likeness (QED) is 0.534. The van der Waals surface area contributed by atoms with Crippen LogP contribution in [0.4, 0.5) is 0 Å². The number of thioether (sulfide) groups is 1. The van der Waals surface area contributed by atoms with Gasteiger partial charge < -0.3 is 9.53 Å². The van der Waals surface area contributed by atoms with Crippen molar-refractivity contribution in [2.75, 3.05) is 12.4 Å². The third kappa shape index (κ3) is 6.05. The van der Waals surface area contributed by atoms with Crippen molar-refractivity contribution in [3.63, 3.8) is 0 Å². The van der Waals surface area contributed by atoms with E-state index in [4.69, 9.17) is 4.74 Å². The van der Waals surface area contributed by atoms with E-state index in [0.29, 0.717) is 13.0 Å². The van der Waals surface area contributed by atoms with Gasteiger partial charge >= 0.3 is 0 Å². The number of ether oxygens (including phenoxy) is 1. The first-order valence-corrected chi connectivity index (χ1v) is 8.11. The molecule has 3 heteroatoms. The molecule has 2 nitrogen and oxygen atoms in total. The van der Waals surface area contributed by atoms with Gasteiger partial charge in [0.25, 0.3) is 0 Å². The maximum absolute atomic E-state index is 10.9. The number of carbonyl (C=O) groups is 1. The predicted molar refractivity (Wildman–Crippen MR) is 88.1 cm³/mol. The Morgan fingerprint density at radius 2 is 1.76 bits per heavy atom. The lowest BCUT2D eigenvalue weighted by molar-refractivity contribution is -0.116. The van der Waals surface area contributed by atoms with Crippen LogP contribution in [-0.4, -0.2) is 18.1 Å². The standard InChI is InChI=1S/C18H20O2S/c1-15(19)7-8-16-9-11-17(12-10-16)20-13-14-21-18-5-3-2-4-6-18/h2-6,9-12H,7-8,13-14H2,1H3. The van der Waals surface area contributed by atoms with Gasteiger partial charge in [0.2, 0.25) is 0 Å². The highest BCUT2D eigenvalue weighted by molar-refractivity contribution is 7.99. The molecule has 0 bridgehead atoms. The van der Waals surface area contributed by atoms with Gasteiger partial charge in [-0.25, -0.2) is 0 Å². The minimum atomic E-state index is 0.230. The number of benzene rings is 2. The molecule has 0 unspecified atom stereocenters. The summed E-state index contributed by atoms with van der Waals surface area (Å²) >= 11 is 1.79. The summed E-state index contributed by atoms with van der Waals surface area (Å²) in [6.45, 7) is 2.31. The molecule has 0 N–H and O–H groups in total. The lowest BCUT2D eigenvalue weighted by atomic mass is 10.1. The largest absolute Gasteiger partial charge is 0.493 e. The molecule has 110 valence electrons. The molecule has 2 aromatic carbocycles. The Hall–Kier alpha value is -1.74. The molecule has 0 aromatic heterocycles. The first-order chi connectivity index (χ1) is 10.2. The van der Waals surface area contributed by atoms with E-state index in [9.17, 15) is 4.79 Å². The zero-order valence-electron chi connectivity index (χ0n) is 12.2. The van der Waals surface area contributed by atoms with E-state index in [1.165, 1.54) is 10.5 Å². The van der Waals surface area contributed by atoms with Crippen molar-refractivity contribution < 1.29 is 9.53 Å². The van der Waals surface area contributed by atoms with E-state index in [2.05, 4.69) is 12.1 Å². The molecule has 0 aliphatic heterocycles. The zero-order valence-corrected chi connectivity index (χ0v) is 13.1. The van der Waals surface area contributed by atoms with E-state index >= 15 is 0 Å². The van der Waals surface area contributed by atoms with Crippen LogP contribution in [0.25, 0.3) is 0 Å². The van der Waals surface area contributed by atoms with Gasteiger partial charge in [0.1, 0.15) is 11.5 Å². The zero-order chi connectivity index (χ0) is 14.9. The maximum Gasteiger partial charge on any atom is 0.130 e. The van der Waals surface area contributed by atoms with Crippen LogP contribution in [0, 0.1) is 0 Å². The third-order valence-corrected chi connectivity index (χ3v) is 4.03. The molecule has 0 atom stereocenters. The second kappa shape index (κ2) is 8.53. The van der Waals surface area contributed by atoms with Crippen LogP contribution in [0.5, 0.6) is 5.75 Å². The second-order valence-electron chi connectivity index (χ2n) is 4.86. The summed E-state index contributed by atoms with van der Waals surface area (Å²) in [5.41, 5.74) is 1.18. The van der Waals surface area contributed by atoms with Crippen LogP contribution < -0.4 is 4.74 Å². The number of Topliss-reactive ketones (excluding diaryl/α,β-unsaturated/α-hetero) is 1. The normalized spacial score (nSPS) is 10.3. The van der Waals surface area contributed by atoms with Crippen molar-refractivity contribution in [3.05, 3.63) is 60.2 Å². The number of rotatable bonds is 8. The maximum atomic E-state index is 10.9. The Kier molecular flexibility index (Phi) is 6.35. The first-order valence-electron chi connectivity index (χ1n) is 7.13. The van der Waals surface area contributed by atoms with Gasteiger partial charge in [0.05, 0.1) is 6.61 Å². The third-order valence-electron chi connectivity index (χ3n) is 3.05. The van der Waals surface area contributed by atoms with Crippen molar-refractivity contribution >= 4 is 17.5 Å². The summed E-state index contributed by atoms with van der Waals surface area (Å²) in [4.78, 5) is 12.2. The van der Waals surface area contributed by atoms with E-state index in [1.54, 1.807) is 18.7 Å². The Labute approximate surface area is 130 Å². The molecule has 2 aromatic rings. The summed E-state index contributed by atoms with van der Waals surface area (Å²) in [5.74, 6) is 2.04. The highest BCUT2D eigenvalue weighted by atomic mass is 32.2. The average molecular weight is 300 g/mol. The minimum Gasteiger partial charge on any atom is -0.493 e. The van der Waals surface area contributed by atoms with Gasteiger partial charge in [-0.15, -0.1) is 11.8 Å². The Morgan fingerprint density at radius 1 is 1.05 bits per heavy atom. The number of hydrogen-bond donors (Lipinski definition) is 0. The molecule has 0 aliphatic carbocycles. The molecular weight excluding hydrogens is 280 g/mol. The fraction of sp³-hybridized carbons (Fsp3) is 0.278. The lowest BCUT2D eigenvalue weighted by Crippen LogP contribution is -2.00. The van der Waals surface area contributed by atoms with Gasteiger partial charge in [0, 0.05) is 17.1 Å². The average Bonchev–Trinajstić information content (AvgIpc) is 2.52. The molecule has 0 radical (unpaired) electrons. The molecule has 0 saturated carbocycles. The van der Waals surface area contributed by atoms with Crippen LogP contribution in [0.15, 0.2) is 59.5 Å². The lowest BCUT2D eigenvalue weighted by Gasteiger charge is -2.07. The van der Waals surface area contributed by atoms with Crippen LogP contribution in [0.3, 0.4) is 0 Å². The highest BCUT2D eigenvalue weighted by Crippen LogP contribution is 2.18. The van der Waals surface area contributed by atoms with Gasteiger partial charge in [0.15, 0.2) is 0 Å². The molecule has 21 heavy (non-hydrogen) atoms. The summed E-state index contributed by atoms with van der Waals surface area (Å²) in [6, 6.07) is 18.3. The Balaban J connectivity index is 1.70. The SMILES string of the molecule is CC(=O)CCc1ccc(OCCSc2ccccc2)cc1. The first kappa shape index (κ1) is 15.6. The van der Waals surface area contributed by atoms with E-state index in [-0.39, 0.29) is 5.78 Å². The van der Waals surface area contributed by atoms with E-state index in [0.717, 1.165) is 17.9 Å². The fourth-order valence-electron chi connectivity index (χ4n) is 1.91. The molecule has 0 fully saturated rings.